The zero-order chi connectivity index (χ0) is 27.3. The van der Waals surface area contributed by atoms with E-state index in [-0.39, 0.29) is 17.5 Å². The van der Waals surface area contributed by atoms with Crippen molar-refractivity contribution < 1.29 is 14.4 Å². The number of amides is 1. The summed E-state index contributed by atoms with van der Waals surface area (Å²) >= 11 is 0. The largest absolute Gasteiger partial charge is 0.352 e. The van der Waals surface area contributed by atoms with E-state index in [1.165, 1.54) is 12.0 Å². The predicted molar refractivity (Wildman–Crippen MR) is 155 cm³/mol. The summed E-state index contributed by atoms with van der Waals surface area (Å²) in [5.41, 5.74) is 4.93. The number of carbonyl (C=O) groups excluding carboxylic acids is 3. The van der Waals surface area contributed by atoms with E-state index < -0.39 is 23.4 Å². The van der Waals surface area contributed by atoms with E-state index in [1.807, 2.05) is 84.6 Å². The Morgan fingerprint density at radius 3 is 2.41 bits per heavy atom. The highest BCUT2D eigenvalue weighted by molar-refractivity contribution is 6.16. The van der Waals surface area contributed by atoms with Crippen LogP contribution in [0.25, 0.3) is 5.57 Å². The first-order chi connectivity index (χ1) is 18.9. The summed E-state index contributed by atoms with van der Waals surface area (Å²) in [7, 11) is 0. The Kier molecular flexibility index (Phi) is 6.25. The summed E-state index contributed by atoms with van der Waals surface area (Å²) in [4.78, 5) is 44.4. The third-order valence-electron chi connectivity index (χ3n) is 8.89. The van der Waals surface area contributed by atoms with Gasteiger partial charge >= 0.3 is 0 Å². The summed E-state index contributed by atoms with van der Waals surface area (Å²) in [6, 6.07) is 22.1. The van der Waals surface area contributed by atoms with Crippen LogP contribution < -0.4 is 10.2 Å². The maximum absolute atomic E-state index is 14.6. The van der Waals surface area contributed by atoms with Crippen molar-refractivity contribution in [2.24, 2.45) is 5.92 Å². The number of unbranched alkanes of at least 4 members (excludes halogenated alkanes) is 2. The average molecular weight is 519 g/mol. The van der Waals surface area contributed by atoms with Gasteiger partial charge in [-0.1, -0.05) is 86.5 Å². The molecule has 3 aromatic carbocycles. The van der Waals surface area contributed by atoms with E-state index in [0.29, 0.717) is 11.3 Å². The Morgan fingerprint density at radius 2 is 1.67 bits per heavy atom. The number of fused-ring (bicyclic) bond motifs is 6. The quantitative estimate of drug-likeness (QED) is 0.291. The van der Waals surface area contributed by atoms with Crippen LogP contribution in [0.2, 0.25) is 0 Å². The molecule has 0 bridgehead atoms. The molecule has 6 rings (SSSR count). The minimum atomic E-state index is -1.24. The van der Waals surface area contributed by atoms with Gasteiger partial charge in [-0.15, -0.1) is 0 Å². The van der Waals surface area contributed by atoms with Crippen LogP contribution in [0.3, 0.4) is 0 Å². The predicted octanol–water partition coefficient (Wildman–Crippen LogP) is 6.37. The minimum Gasteiger partial charge on any atom is -0.352 e. The van der Waals surface area contributed by atoms with Crippen LogP contribution in [0.4, 0.5) is 11.4 Å². The number of allylic oxidation sites excluding steroid dienone is 1. The van der Waals surface area contributed by atoms with E-state index in [2.05, 4.69) is 18.3 Å². The monoisotopic (exact) mass is 518 g/mol. The Balaban J connectivity index is 1.54. The summed E-state index contributed by atoms with van der Waals surface area (Å²) in [6.45, 7) is 5.77. The van der Waals surface area contributed by atoms with Gasteiger partial charge < -0.3 is 10.2 Å². The van der Waals surface area contributed by atoms with Gasteiger partial charge in [-0.25, -0.2) is 0 Å². The number of benzene rings is 3. The lowest BCUT2D eigenvalue weighted by Gasteiger charge is -2.39. The van der Waals surface area contributed by atoms with Crippen LogP contribution >= 0.6 is 0 Å². The summed E-state index contributed by atoms with van der Waals surface area (Å²) in [5.74, 6) is -1.39. The Morgan fingerprint density at radius 1 is 0.949 bits per heavy atom. The van der Waals surface area contributed by atoms with Gasteiger partial charge in [0.1, 0.15) is 5.41 Å². The molecule has 0 saturated carbocycles. The fourth-order valence-electron chi connectivity index (χ4n) is 7.13. The van der Waals surface area contributed by atoms with Crippen molar-refractivity contribution in [1.29, 1.82) is 0 Å². The topological polar surface area (TPSA) is 66.5 Å². The number of para-hydroxylation sites is 2. The van der Waals surface area contributed by atoms with Gasteiger partial charge in [-0.2, -0.15) is 0 Å². The van der Waals surface area contributed by atoms with Crippen LogP contribution in [0.15, 0.2) is 78.9 Å². The number of nitrogens with zero attached hydrogens (tertiary/aromatic N) is 1. The molecule has 0 aliphatic carbocycles. The standard InChI is InChI=1S/C34H34N2O3/c1-4-5-6-11-23-16-18-24(19-17-23)32(38)30-31(22(3)37)36-28-15-10-7-12-25(28)21(2)20-29(36)34(30)26-13-8-9-14-27(26)35-33(34)39/h7-10,12-20,29-31H,4-6,11H2,1-3H3,(H,35,39)/t29-,30+,31-,34-/m1/s1. The minimum absolute atomic E-state index is 0.119. The van der Waals surface area contributed by atoms with E-state index in [4.69, 9.17) is 0 Å². The molecular weight excluding hydrogens is 484 g/mol. The number of carbonyl (C=O) groups is 3. The molecule has 0 radical (unpaired) electrons. The smallest absolute Gasteiger partial charge is 0.238 e. The zero-order valence-corrected chi connectivity index (χ0v) is 22.7. The first kappa shape index (κ1) is 25.3. The second kappa shape index (κ2) is 9.64. The Bertz CT molecular complexity index is 1500. The van der Waals surface area contributed by atoms with Crippen molar-refractivity contribution in [3.8, 4) is 0 Å². The average Bonchev–Trinajstić information content (AvgIpc) is 3.42. The fourth-order valence-corrected chi connectivity index (χ4v) is 7.13. The molecule has 1 fully saturated rings. The van der Waals surface area contributed by atoms with Crippen LogP contribution in [-0.2, 0) is 21.4 Å². The molecule has 1 spiro atoms. The van der Waals surface area contributed by atoms with Crippen LogP contribution in [0.5, 0.6) is 0 Å². The molecule has 3 aliphatic heterocycles. The van der Waals surface area contributed by atoms with Crippen molar-refractivity contribution in [3.63, 3.8) is 0 Å². The van der Waals surface area contributed by atoms with Gasteiger partial charge in [0.2, 0.25) is 5.91 Å². The highest BCUT2D eigenvalue weighted by Gasteiger charge is 2.70. The SMILES string of the molecule is CCCCCc1ccc(C(=O)[C@@H]2[C@@H](C(C)=O)N3c4ccccc4C(C)=C[C@@H]3[C@@]23C(=O)Nc2ccccc23)cc1. The number of nitrogens with one attached hydrogen (secondary N) is 1. The number of aryl methyl sites for hydroxylation is 1. The number of rotatable bonds is 7. The molecule has 0 aromatic heterocycles. The third-order valence-corrected chi connectivity index (χ3v) is 8.89. The molecule has 3 aliphatic rings. The fraction of sp³-hybridized carbons (Fsp3) is 0.324. The molecule has 1 amide bonds. The molecule has 5 nitrogen and oxygen atoms in total. The van der Waals surface area contributed by atoms with Gasteiger partial charge in [0, 0.05) is 22.5 Å². The lowest BCUT2D eigenvalue weighted by Crippen LogP contribution is -2.51. The van der Waals surface area contributed by atoms with Gasteiger partial charge in [-0.3, -0.25) is 14.4 Å². The molecule has 1 saturated heterocycles. The normalized spacial score (nSPS) is 24.6. The van der Waals surface area contributed by atoms with Crippen molar-refractivity contribution in [1.82, 2.24) is 0 Å². The molecular formula is C34H34N2O3. The van der Waals surface area contributed by atoms with Crippen molar-refractivity contribution >= 4 is 34.4 Å². The number of anilines is 2. The molecule has 198 valence electrons. The molecule has 5 heteroatoms. The number of hydrogen-bond acceptors (Lipinski definition) is 4. The maximum atomic E-state index is 14.6. The van der Waals surface area contributed by atoms with Gasteiger partial charge in [-0.05, 0) is 55.5 Å². The highest BCUT2D eigenvalue weighted by atomic mass is 16.2. The molecule has 3 aromatic rings. The lowest BCUT2D eigenvalue weighted by molar-refractivity contribution is -0.122. The second-order valence-electron chi connectivity index (χ2n) is 11.1. The van der Waals surface area contributed by atoms with Crippen LogP contribution in [0.1, 0.15) is 67.1 Å². The Hall–Kier alpha value is -3.99. The molecule has 1 N–H and O–H groups in total. The summed E-state index contributed by atoms with van der Waals surface area (Å²) in [5, 5.41) is 3.08. The van der Waals surface area contributed by atoms with Gasteiger partial charge in [0.25, 0.3) is 0 Å². The van der Waals surface area contributed by atoms with E-state index in [0.717, 1.165) is 41.6 Å². The van der Waals surface area contributed by atoms with Gasteiger partial charge in [0.05, 0.1) is 18.0 Å². The second-order valence-corrected chi connectivity index (χ2v) is 11.1. The first-order valence-corrected chi connectivity index (χ1v) is 14.0. The Labute approximate surface area is 229 Å². The van der Waals surface area contributed by atoms with Crippen molar-refractivity contribution in [2.75, 3.05) is 10.2 Å². The first-order valence-electron chi connectivity index (χ1n) is 14.0. The van der Waals surface area contributed by atoms with Crippen molar-refractivity contribution in [3.05, 3.63) is 101 Å². The number of ketones is 2. The lowest BCUT2D eigenvalue weighted by atomic mass is 9.64. The third kappa shape index (κ3) is 3.70. The summed E-state index contributed by atoms with van der Waals surface area (Å²) in [6.07, 6.45) is 6.50. The van der Waals surface area contributed by atoms with Gasteiger partial charge in [0.15, 0.2) is 11.6 Å². The van der Waals surface area contributed by atoms with Crippen LogP contribution in [0, 0.1) is 5.92 Å². The van der Waals surface area contributed by atoms with E-state index in [9.17, 15) is 14.4 Å². The van der Waals surface area contributed by atoms with Crippen molar-refractivity contribution in [2.45, 2.75) is 64.0 Å². The molecule has 3 heterocycles. The highest BCUT2D eigenvalue weighted by Crippen LogP contribution is 2.58. The molecule has 39 heavy (non-hydrogen) atoms. The number of Topliss-reactive ketones (excluding diaryl/α,β-unsaturated/α-hetero) is 2. The van der Waals surface area contributed by atoms with E-state index in [1.54, 1.807) is 6.92 Å². The zero-order valence-electron chi connectivity index (χ0n) is 22.7. The van der Waals surface area contributed by atoms with Crippen LogP contribution in [-0.4, -0.2) is 29.6 Å². The summed E-state index contributed by atoms with van der Waals surface area (Å²) < 4.78 is 0. The van der Waals surface area contributed by atoms with E-state index >= 15 is 0 Å². The molecule has 4 atom stereocenters. The number of hydrogen-bond donors (Lipinski definition) is 1. The maximum Gasteiger partial charge on any atom is 0.238 e. The molecule has 0 unspecified atom stereocenters.